The Morgan fingerprint density at radius 1 is 1.33 bits per heavy atom. The highest BCUT2D eigenvalue weighted by molar-refractivity contribution is 5.76. The highest BCUT2D eigenvalue weighted by atomic mass is 14.9. The minimum Gasteiger partial charge on any atom is -0.342 e. The maximum Gasteiger partial charge on any atom is 0.111 e. The predicted octanol–water partition coefficient (Wildman–Crippen LogP) is 3.21. The van der Waals surface area contributed by atoms with Gasteiger partial charge in [0, 0.05) is 12.5 Å². The highest BCUT2D eigenvalue weighted by Gasteiger charge is 2.15. The van der Waals surface area contributed by atoms with Crippen molar-refractivity contribution in [2.75, 3.05) is 6.54 Å². The third-order valence-electron chi connectivity index (χ3n) is 3.40. The Kier molecular flexibility index (Phi) is 4.02. The number of imidazole rings is 1. The normalized spacial score (nSPS) is 13.4. The molecular formula is C15H23N3. The molecule has 0 saturated heterocycles. The maximum absolute atomic E-state index is 5.87. The van der Waals surface area contributed by atoms with Crippen LogP contribution in [0.2, 0.25) is 0 Å². The molecule has 1 unspecified atom stereocenters. The van der Waals surface area contributed by atoms with Crippen LogP contribution >= 0.6 is 0 Å². The lowest BCUT2D eigenvalue weighted by atomic mass is 9.97. The summed E-state index contributed by atoms with van der Waals surface area (Å²) in [4.78, 5) is 8.11. The molecule has 0 saturated carbocycles. The van der Waals surface area contributed by atoms with Gasteiger partial charge in [-0.05, 0) is 36.5 Å². The van der Waals surface area contributed by atoms with Gasteiger partial charge in [-0.25, -0.2) is 4.98 Å². The van der Waals surface area contributed by atoms with Gasteiger partial charge in [0.05, 0.1) is 11.0 Å². The average molecular weight is 245 g/mol. The van der Waals surface area contributed by atoms with Crippen LogP contribution in [0.1, 0.15) is 44.5 Å². The summed E-state index contributed by atoms with van der Waals surface area (Å²) in [7, 11) is 0. The molecule has 1 aromatic carbocycles. The van der Waals surface area contributed by atoms with E-state index in [-0.39, 0.29) is 0 Å². The molecule has 98 valence electrons. The number of rotatable bonds is 5. The van der Waals surface area contributed by atoms with E-state index in [0.717, 1.165) is 29.7 Å². The van der Waals surface area contributed by atoms with Crippen LogP contribution in [0.5, 0.6) is 0 Å². The van der Waals surface area contributed by atoms with Gasteiger partial charge in [-0.15, -0.1) is 0 Å². The van der Waals surface area contributed by atoms with Gasteiger partial charge in [0.25, 0.3) is 0 Å². The van der Waals surface area contributed by atoms with Gasteiger partial charge in [-0.2, -0.15) is 0 Å². The van der Waals surface area contributed by atoms with Crippen molar-refractivity contribution in [3.05, 3.63) is 29.6 Å². The van der Waals surface area contributed by atoms with Crippen molar-refractivity contribution in [2.24, 2.45) is 11.7 Å². The van der Waals surface area contributed by atoms with Crippen molar-refractivity contribution < 1.29 is 0 Å². The molecular weight excluding hydrogens is 222 g/mol. The summed E-state index contributed by atoms with van der Waals surface area (Å²) in [6.45, 7) is 7.26. The molecule has 1 atom stereocenters. The Morgan fingerprint density at radius 3 is 2.72 bits per heavy atom. The van der Waals surface area contributed by atoms with E-state index in [1.807, 2.05) is 0 Å². The standard InChI is InChI=1S/C15H23N3/c1-4-11-5-6-13-14(8-11)18-15(17-13)12(9-16)7-10(2)3/h5-6,8,10,12H,4,7,9,16H2,1-3H3,(H,17,18). The van der Waals surface area contributed by atoms with E-state index in [1.54, 1.807) is 0 Å². The number of benzene rings is 1. The van der Waals surface area contributed by atoms with Crippen molar-refractivity contribution in [3.63, 3.8) is 0 Å². The van der Waals surface area contributed by atoms with Crippen LogP contribution in [0, 0.1) is 5.92 Å². The summed E-state index contributed by atoms with van der Waals surface area (Å²) in [5.41, 5.74) is 9.39. The fourth-order valence-corrected chi connectivity index (χ4v) is 2.38. The first-order chi connectivity index (χ1) is 8.63. The van der Waals surface area contributed by atoms with Crippen molar-refractivity contribution in [1.29, 1.82) is 0 Å². The molecule has 3 N–H and O–H groups in total. The Hall–Kier alpha value is -1.35. The van der Waals surface area contributed by atoms with E-state index in [1.165, 1.54) is 5.56 Å². The Labute approximate surface area is 109 Å². The molecule has 0 aliphatic carbocycles. The first-order valence-corrected chi connectivity index (χ1v) is 6.82. The quantitative estimate of drug-likeness (QED) is 0.849. The second-order valence-electron chi connectivity index (χ2n) is 5.39. The van der Waals surface area contributed by atoms with Crippen LogP contribution in [0.15, 0.2) is 18.2 Å². The van der Waals surface area contributed by atoms with Crippen molar-refractivity contribution in [3.8, 4) is 0 Å². The zero-order valence-electron chi connectivity index (χ0n) is 11.5. The van der Waals surface area contributed by atoms with Crippen molar-refractivity contribution >= 4 is 11.0 Å². The number of hydrogen-bond donors (Lipinski definition) is 2. The topological polar surface area (TPSA) is 54.7 Å². The summed E-state index contributed by atoms with van der Waals surface area (Å²) in [5, 5.41) is 0. The third kappa shape index (κ3) is 2.72. The summed E-state index contributed by atoms with van der Waals surface area (Å²) in [6.07, 6.45) is 2.13. The second kappa shape index (κ2) is 5.53. The van der Waals surface area contributed by atoms with Crippen molar-refractivity contribution in [2.45, 2.75) is 39.5 Å². The molecule has 0 fully saturated rings. The van der Waals surface area contributed by atoms with E-state index in [4.69, 9.17) is 5.73 Å². The minimum absolute atomic E-state index is 0.336. The lowest BCUT2D eigenvalue weighted by molar-refractivity contribution is 0.491. The van der Waals surface area contributed by atoms with Crippen LogP contribution in [-0.4, -0.2) is 16.5 Å². The molecule has 18 heavy (non-hydrogen) atoms. The van der Waals surface area contributed by atoms with E-state index in [0.29, 0.717) is 18.4 Å². The molecule has 0 amide bonds. The number of hydrogen-bond acceptors (Lipinski definition) is 2. The van der Waals surface area contributed by atoms with Gasteiger partial charge >= 0.3 is 0 Å². The molecule has 3 nitrogen and oxygen atoms in total. The summed E-state index contributed by atoms with van der Waals surface area (Å²) in [6, 6.07) is 6.43. The monoisotopic (exact) mass is 245 g/mol. The SMILES string of the molecule is CCc1ccc2nc(C(CN)CC(C)C)[nH]c2c1. The van der Waals surface area contributed by atoms with Crippen LogP contribution in [0.25, 0.3) is 11.0 Å². The van der Waals surface area contributed by atoms with E-state index in [9.17, 15) is 0 Å². The molecule has 0 aliphatic heterocycles. The zero-order chi connectivity index (χ0) is 13.1. The molecule has 3 heteroatoms. The van der Waals surface area contributed by atoms with E-state index in [2.05, 4.69) is 48.9 Å². The Morgan fingerprint density at radius 2 is 2.11 bits per heavy atom. The first-order valence-electron chi connectivity index (χ1n) is 6.82. The molecule has 1 aromatic heterocycles. The number of fused-ring (bicyclic) bond motifs is 1. The molecule has 0 spiro atoms. The van der Waals surface area contributed by atoms with E-state index >= 15 is 0 Å². The fraction of sp³-hybridized carbons (Fsp3) is 0.533. The number of aromatic amines is 1. The minimum atomic E-state index is 0.336. The number of nitrogens with one attached hydrogen (secondary N) is 1. The van der Waals surface area contributed by atoms with Crippen LogP contribution in [0.3, 0.4) is 0 Å². The number of aryl methyl sites for hydroxylation is 1. The van der Waals surface area contributed by atoms with Crippen molar-refractivity contribution in [1.82, 2.24) is 9.97 Å². The number of nitrogens with zero attached hydrogens (tertiary/aromatic N) is 1. The van der Waals surface area contributed by atoms with Gasteiger partial charge in [0.2, 0.25) is 0 Å². The summed E-state index contributed by atoms with van der Waals surface area (Å²) < 4.78 is 0. The second-order valence-corrected chi connectivity index (χ2v) is 5.39. The highest BCUT2D eigenvalue weighted by Crippen LogP contribution is 2.23. The van der Waals surface area contributed by atoms with E-state index < -0.39 is 0 Å². The lowest BCUT2D eigenvalue weighted by Crippen LogP contribution is -2.15. The largest absolute Gasteiger partial charge is 0.342 e. The molecule has 0 aliphatic rings. The maximum atomic E-state index is 5.87. The van der Waals surface area contributed by atoms with Gasteiger partial charge in [-0.3, -0.25) is 0 Å². The predicted molar refractivity (Wildman–Crippen MR) is 76.7 cm³/mol. The van der Waals surface area contributed by atoms with Gasteiger partial charge in [0.1, 0.15) is 5.82 Å². The summed E-state index contributed by atoms with van der Waals surface area (Å²) in [5.74, 6) is 2.01. The summed E-state index contributed by atoms with van der Waals surface area (Å²) >= 11 is 0. The molecule has 0 bridgehead atoms. The number of H-pyrrole nitrogens is 1. The molecule has 1 heterocycles. The average Bonchev–Trinajstić information content (AvgIpc) is 2.77. The number of nitrogens with two attached hydrogens (primary N) is 1. The van der Waals surface area contributed by atoms with Gasteiger partial charge in [-0.1, -0.05) is 26.8 Å². The third-order valence-corrected chi connectivity index (χ3v) is 3.40. The molecule has 0 radical (unpaired) electrons. The van der Waals surface area contributed by atoms with Crippen LogP contribution in [0.4, 0.5) is 0 Å². The molecule has 2 aromatic rings. The smallest absolute Gasteiger partial charge is 0.111 e. The zero-order valence-corrected chi connectivity index (χ0v) is 11.5. The lowest BCUT2D eigenvalue weighted by Gasteiger charge is -2.14. The van der Waals surface area contributed by atoms with Crippen LogP contribution < -0.4 is 5.73 Å². The molecule has 2 rings (SSSR count). The fourth-order valence-electron chi connectivity index (χ4n) is 2.38. The van der Waals surface area contributed by atoms with Gasteiger partial charge in [0.15, 0.2) is 0 Å². The van der Waals surface area contributed by atoms with Gasteiger partial charge < -0.3 is 10.7 Å². The first kappa shape index (κ1) is 13.1. The van der Waals surface area contributed by atoms with Crippen LogP contribution in [-0.2, 0) is 6.42 Å². The Balaban J connectivity index is 2.33. The number of aromatic nitrogens is 2. The Bertz CT molecular complexity index is 513.